The van der Waals surface area contributed by atoms with Crippen LogP contribution in [0.3, 0.4) is 0 Å². The molecule has 10 heteroatoms. The molecule has 174 valence electrons. The van der Waals surface area contributed by atoms with E-state index in [4.69, 9.17) is 4.42 Å². The first-order valence-electron chi connectivity index (χ1n) is 10.7. The minimum absolute atomic E-state index is 0.110. The molecule has 3 N–H and O–H groups in total. The standard InChI is InChI=1S/C25H20N6O4/c1-15-8-10-16(11-9-15)31-22(32)14-26-23(30-31)25(34)29-28-24(33)18-13-20(21-7-4-12-35-21)27-19-6-3-2-5-17(18)19/h2-13H,14H2,1H3,(H,26,30)(H,28,33)(H,29,34). The van der Waals surface area contributed by atoms with Crippen LogP contribution in [0.15, 0.2) is 82.4 Å². The topological polar surface area (TPSA) is 129 Å². The molecule has 0 bridgehead atoms. The molecule has 10 nitrogen and oxygen atoms in total. The summed E-state index contributed by atoms with van der Waals surface area (Å²) in [5.41, 5.74) is 10.5. The average molecular weight is 468 g/mol. The van der Waals surface area contributed by atoms with Crippen LogP contribution in [0.5, 0.6) is 0 Å². The van der Waals surface area contributed by atoms with Gasteiger partial charge >= 0.3 is 5.91 Å². The van der Waals surface area contributed by atoms with Gasteiger partial charge < -0.3 is 4.42 Å². The van der Waals surface area contributed by atoms with E-state index in [2.05, 4.69) is 26.3 Å². The summed E-state index contributed by atoms with van der Waals surface area (Å²) in [6.45, 7) is 1.72. The van der Waals surface area contributed by atoms with Crippen molar-refractivity contribution in [3.63, 3.8) is 0 Å². The van der Waals surface area contributed by atoms with Crippen LogP contribution in [0.2, 0.25) is 0 Å². The fourth-order valence-corrected chi connectivity index (χ4v) is 3.60. The number of hydrogen-bond acceptors (Lipinski definition) is 7. The molecule has 35 heavy (non-hydrogen) atoms. The van der Waals surface area contributed by atoms with Crippen LogP contribution < -0.4 is 21.3 Å². The lowest BCUT2D eigenvalue weighted by atomic mass is 10.1. The fraction of sp³-hybridized carbons (Fsp3) is 0.0800. The largest absolute Gasteiger partial charge is 0.463 e. The number of rotatable bonds is 4. The number of nitrogens with one attached hydrogen (secondary N) is 3. The first kappa shape index (κ1) is 21.8. The Bertz CT molecular complexity index is 1460. The molecule has 3 heterocycles. The second-order valence-electron chi connectivity index (χ2n) is 7.80. The number of furan rings is 1. The van der Waals surface area contributed by atoms with Crippen LogP contribution in [0.1, 0.15) is 15.9 Å². The van der Waals surface area contributed by atoms with Crippen molar-refractivity contribution in [1.29, 1.82) is 0 Å². The molecule has 1 aliphatic heterocycles. The summed E-state index contributed by atoms with van der Waals surface area (Å²) in [4.78, 5) is 46.6. The maximum absolute atomic E-state index is 13.0. The quantitative estimate of drug-likeness (QED) is 0.395. The highest BCUT2D eigenvalue weighted by Gasteiger charge is 2.26. The SMILES string of the molecule is Cc1ccc(N2NC(C(=O)NNC(=O)c3cc(-c4ccco4)nc4ccccc34)=NCC2=O)cc1. The highest BCUT2D eigenvalue weighted by molar-refractivity contribution is 6.39. The third-order valence-electron chi connectivity index (χ3n) is 5.37. The number of carbonyl (C=O) groups excluding carboxylic acids is 3. The van der Waals surface area contributed by atoms with E-state index >= 15 is 0 Å². The molecular weight excluding hydrogens is 448 g/mol. The zero-order chi connectivity index (χ0) is 24.4. The number of carbonyl (C=O) groups is 3. The van der Waals surface area contributed by atoms with Crippen molar-refractivity contribution in [3.8, 4) is 11.5 Å². The van der Waals surface area contributed by atoms with E-state index in [-0.39, 0.29) is 18.3 Å². The second kappa shape index (κ2) is 9.10. The Hall–Kier alpha value is -4.99. The summed E-state index contributed by atoms with van der Waals surface area (Å²) in [5.74, 6) is -1.17. The summed E-state index contributed by atoms with van der Waals surface area (Å²) >= 11 is 0. The Kier molecular flexibility index (Phi) is 5.68. The van der Waals surface area contributed by atoms with Gasteiger partial charge in [-0.2, -0.15) is 0 Å². The average Bonchev–Trinajstić information content (AvgIpc) is 3.42. The van der Waals surface area contributed by atoms with Crippen LogP contribution in [-0.4, -0.2) is 35.1 Å². The maximum Gasteiger partial charge on any atom is 0.306 e. The number of amidine groups is 1. The van der Waals surface area contributed by atoms with E-state index in [1.165, 1.54) is 11.3 Å². The van der Waals surface area contributed by atoms with Crippen LogP contribution in [-0.2, 0) is 9.59 Å². The van der Waals surface area contributed by atoms with Gasteiger partial charge in [-0.25, -0.2) is 9.99 Å². The monoisotopic (exact) mass is 468 g/mol. The molecule has 0 radical (unpaired) electrons. The lowest BCUT2D eigenvalue weighted by Crippen LogP contribution is -2.57. The van der Waals surface area contributed by atoms with E-state index in [0.29, 0.717) is 33.6 Å². The third-order valence-corrected chi connectivity index (χ3v) is 5.37. The number of anilines is 1. The van der Waals surface area contributed by atoms with Crippen molar-refractivity contribution in [2.24, 2.45) is 4.99 Å². The lowest BCUT2D eigenvalue weighted by molar-refractivity contribution is -0.118. The number of hydrogen-bond donors (Lipinski definition) is 3. The third kappa shape index (κ3) is 4.44. The van der Waals surface area contributed by atoms with Gasteiger partial charge in [-0.05, 0) is 43.3 Å². The van der Waals surface area contributed by atoms with Gasteiger partial charge in [0.2, 0.25) is 5.84 Å². The summed E-state index contributed by atoms with van der Waals surface area (Å²) in [7, 11) is 0. The van der Waals surface area contributed by atoms with E-state index in [1.54, 1.807) is 48.5 Å². The van der Waals surface area contributed by atoms with Gasteiger partial charge in [-0.3, -0.25) is 35.7 Å². The molecule has 0 atom stereocenters. The highest BCUT2D eigenvalue weighted by atomic mass is 16.3. The summed E-state index contributed by atoms with van der Waals surface area (Å²) in [5, 5.41) is 1.86. The number of fused-ring (bicyclic) bond motifs is 1. The number of aromatic nitrogens is 1. The van der Waals surface area contributed by atoms with Crippen molar-refractivity contribution < 1.29 is 18.8 Å². The maximum atomic E-state index is 13.0. The van der Waals surface area contributed by atoms with Gasteiger partial charge in [0, 0.05) is 5.39 Å². The van der Waals surface area contributed by atoms with Crippen LogP contribution in [0.4, 0.5) is 5.69 Å². The summed E-state index contributed by atoms with van der Waals surface area (Å²) in [6.07, 6.45) is 1.52. The van der Waals surface area contributed by atoms with Crippen molar-refractivity contribution in [3.05, 3.63) is 84.1 Å². The molecule has 2 aromatic carbocycles. The van der Waals surface area contributed by atoms with E-state index in [9.17, 15) is 14.4 Å². The molecule has 0 saturated carbocycles. The smallest absolute Gasteiger partial charge is 0.306 e. The molecule has 0 fully saturated rings. The Balaban J connectivity index is 1.33. The first-order valence-corrected chi connectivity index (χ1v) is 10.7. The van der Waals surface area contributed by atoms with Gasteiger partial charge in [0.05, 0.1) is 23.0 Å². The van der Waals surface area contributed by atoms with Crippen molar-refractivity contribution in [2.75, 3.05) is 11.6 Å². The summed E-state index contributed by atoms with van der Waals surface area (Å²) < 4.78 is 5.42. The van der Waals surface area contributed by atoms with Crippen molar-refractivity contribution >= 4 is 40.1 Å². The molecule has 0 aliphatic carbocycles. The van der Waals surface area contributed by atoms with E-state index in [1.807, 2.05) is 25.1 Å². The predicted molar refractivity (Wildman–Crippen MR) is 129 cm³/mol. The van der Waals surface area contributed by atoms with E-state index in [0.717, 1.165) is 5.56 Å². The molecule has 3 amide bonds. The number of para-hydroxylation sites is 1. The van der Waals surface area contributed by atoms with Gasteiger partial charge in [0.25, 0.3) is 11.8 Å². The second-order valence-corrected chi connectivity index (χ2v) is 7.80. The Morgan fingerprint density at radius 1 is 1.00 bits per heavy atom. The van der Waals surface area contributed by atoms with Gasteiger partial charge in [-0.1, -0.05) is 35.9 Å². The molecule has 0 spiro atoms. The van der Waals surface area contributed by atoms with Crippen molar-refractivity contribution in [1.82, 2.24) is 21.3 Å². The number of hydrazine groups is 2. The molecule has 1 aliphatic rings. The summed E-state index contributed by atoms with van der Waals surface area (Å²) in [6, 6.07) is 19.5. The number of aliphatic imine (C=N–C) groups is 1. The Morgan fingerprint density at radius 2 is 1.77 bits per heavy atom. The zero-order valence-electron chi connectivity index (χ0n) is 18.6. The van der Waals surface area contributed by atoms with Crippen LogP contribution in [0.25, 0.3) is 22.4 Å². The Morgan fingerprint density at radius 3 is 2.54 bits per heavy atom. The highest BCUT2D eigenvalue weighted by Crippen LogP contribution is 2.25. The number of amides is 3. The minimum atomic E-state index is -0.701. The first-order chi connectivity index (χ1) is 17.0. The zero-order valence-corrected chi connectivity index (χ0v) is 18.6. The molecular formula is C25H20N6O4. The van der Waals surface area contributed by atoms with Crippen LogP contribution in [0, 0.1) is 6.92 Å². The Labute approximate surface area is 199 Å². The number of aryl methyl sites for hydroxylation is 1. The lowest BCUT2D eigenvalue weighted by Gasteiger charge is -2.27. The van der Waals surface area contributed by atoms with Gasteiger partial charge in [0.15, 0.2) is 5.76 Å². The van der Waals surface area contributed by atoms with Gasteiger partial charge in [-0.15, -0.1) is 0 Å². The molecule has 0 unspecified atom stereocenters. The van der Waals surface area contributed by atoms with E-state index < -0.39 is 11.8 Å². The number of benzene rings is 2. The molecule has 4 aromatic rings. The normalized spacial score (nSPS) is 13.2. The van der Waals surface area contributed by atoms with Crippen molar-refractivity contribution in [2.45, 2.75) is 6.92 Å². The molecule has 5 rings (SSSR count). The number of nitrogens with zero attached hydrogens (tertiary/aromatic N) is 3. The molecule has 2 aromatic heterocycles. The minimum Gasteiger partial charge on any atom is -0.463 e. The van der Waals surface area contributed by atoms with Gasteiger partial charge in [0.1, 0.15) is 12.2 Å². The fourth-order valence-electron chi connectivity index (χ4n) is 3.60. The predicted octanol–water partition coefficient (Wildman–Crippen LogP) is 2.51. The van der Waals surface area contributed by atoms with Crippen LogP contribution >= 0.6 is 0 Å². The number of pyridine rings is 1. The molecule has 0 saturated heterocycles.